The van der Waals surface area contributed by atoms with Crippen LogP contribution in [0.5, 0.6) is 0 Å². The van der Waals surface area contributed by atoms with Crippen LogP contribution < -0.4 is 0 Å². The normalized spacial score (nSPS) is 11.5. The number of carbonyl (C=O) groups excluding carboxylic acids is 1. The molecule has 6 nitrogen and oxygen atoms in total. The van der Waals surface area contributed by atoms with E-state index in [0.29, 0.717) is 10.9 Å². The van der Waals surface area contributed by atoms with E-state index in [1.807, 2.05) is 0 Å². The van der Waals surface area contributed by atoms with E-state index in [4.69, 9.17) is 4.74 Å². The van der Waals surface area contributed by atoms with Crippen molar-refractivity contribution in [2.75, 3.05) is 6.61 Å². The molecular weight excluding hydrogens is 316 g/mol. The van der Waals surface area contributed by atoms with Gasteiger partial charge in [0.25, 0.3) is 10.0 Å². The summed E-state index contributed by atoms with van der Waals surface area (Å²) >= 11 is 0. The number of carbonyl (C=O) groups is 1. The molecule has 7 heteroatoms. The summed E-state index contributed by atoms with van der Waals surface area (Å²) < 4.78 is 31.9. The Bertz CT molecular complexity index is 962. The maximum Gasteiger partial charge on any atom is 0.356 e. The van der Waals surface area contributed by atoms with Gasteiger partial charge in [-0.1, -0.05) is 18.2 Å². The molecule has 3 aromatic rings. The fraction of sp³-hybridized carbons (Fsp3) is 0.125. The highest BCUT2D eigenvalue weighted by Crippen LogP contribution is 2.25. The molecule has 3 rings (SSSR count). The van der Waals surface area contributed by atoms with Gasteiger partial charge >= 0.3 is 5.97 Å². The number of hydrogen-bond donors (Lipinski definition) is 0. The molecule has 2 aromatic heterocycles. The summed E-state index contributed by atoms with van der Waals surface area (Å²) in [5, 5.41) is 0.551. The van der Waals surface area contributed by atoms with Crippen LogP contribution in [0.25, 0.3) is 10.9 Å². The Balaban J connectivity index is 2.31. The first-order valence-electron chi connectivity index (χ1n) is 6.99. The molecule has 0 unspecified atom stereocenters. The minimum absolute atomic E-state index is 0.0429. The quantitative estimate of drug-likeness (QED) is 0.687. The predicted molar refractivity (Wildman–Crippen MR) is 84.7 cm³/mol. The average Bonchev–Trinajstić information content (AvgIpc) is 2.96. The first-order chi connectivity index (χ1) is 11.1. The van der Waals surface area contributed by atoms with Gasteiger partial charge in [-0.15, -0.1) is 0 Å². The van der Waals surface area contributed by atoms with Crippen molar-refractivity contribution in [2.24, 2.45) is 0 Å². The zero-order valence-electron chi connectivity index (χ0n) is 12.3. The molecule has 0 saturated carbocycles. The van der Waals surface area contributed by atoms with Crippen molar-refractivity contribution in [3.05, 3.63) is 60.6 Å². The third-order valence-corrected chi connectivity index (χ3v) is 5.07. The van der Waals surface area contributed by atoms with Gasteiger partial charge in [0.1, 0.15) is 5.69 Å². The lowest BCUT2D eigenvalue weighted by Crippen LogP contribution is -2.19. The number of esters is 1. The number of ether oxygens (including phenoxy) is 1. The summed E-state index contributed by atoms with van der Waals surface area (Å²) in [5.41, 5.74) is 0.339. The van der Waals surface area contributed by atoms with Crippen molar-refractivity contribution in [1.29, 1.82) is 0 Å². The van der Waals surface area contributed by atoms with Gasteiger partial charge in [0.05, 0.1) is 17.0 Å². The summed E-state index contributed by atoms with van der Waals surface area (Å²) in [5.74, 6) is -0.691. The molecule has 0 amide bonds. The molecule has 0 aliphatic rings. The molecular formula is C16H14N2O4S. The third-order valence-electron chi connectivity index (χ3n) is 3.32. The molecule has 2 heterocycles. The summed E-state index contributed by atoms with van der Waals surface area (Å²) in [6.07, 6.45) is 2.99. The molecule has 0 fully saturated rings. The minimum Gasteiger partial charge on any atom is -0.461 e. The Morgan fingerprint density at radius 3 is 2.65 bits per heavy atom. The molecule has 0 aliphatic carbocycles. The van der Waals surface area contributed by atoms with Crippen LogP contribution in [0.4, 0.5) is 0 Å². The number of hydrogen-bond acceptors (Lipinski definition) is 5. The van der Waals surface area contributed by atoms with E-state index >= 15 is 0 Å². The molecule has 0 bridgehead atoms. The second kappa shape index (κ2) is 5.85. The highest BCUT2D eigenvalue weighted by Gasteiger charge is 2.26. The first kappa shape index (κ1) is 15.2. The topological polar surface area (TPSA) is 78.3 Å². The van der Waals surface area contributed by atoms with E-state index in [2.05, 4.69) is 4.98 Å². The highest BCUT2D eigenvalue weighted by atomic mass is 32.2. The Morgan fingerprint density at radius 1 is 1.22 bits per heavy atom. The monoisotopic (exact) mass is 330 g/mol. The zero-order chi connectivity index (χ0) is 16.4. The molecule has 0 radical (unpaired) electrons. The van der Waals surface area contributed by atoms with E-state index in [1.54, 1.807) is 31.2 Å². The summed E-state index contributed by atoms with van der Waals surface area (Å²) in [4.78, 5) is 16.2. The fourth-order valence-electron chi connectivity index (χ4n) is 2.33. The second-order valence-electron chi connectivity index (χ2n) is 4.77. The van der Waals surface area contributed by atoms with Gasteiger partial charge in [0.2, 0.25) is 0 Å². The first-order valence-corrected chi connectivity index (χ1v) is 8.43. The van der Waals surface area contributed by atoms with Gasteiger partial charge in [0.15, 0.2) is 0 Å². The van der Waals surface area contributed by atoms with Crippen molar-refractivity contribution in [2.45, 2.75) is 11.8 Å². The van der Waals surface area contributed by atoms with E-state index in [-0.39, 0.29) is 17.2 Å². The van der Waals surface area contributed by atoms with E-state index in [9.17, 15) is 13.2 Å². The predicted octanol–water partition coefficient (Wildman–Crippen LogP) is 2.45. The zero-order valence-corrected chi connectivity index (χ0v) is 13.2. The summed E-state index contributed by atoms with van der Waals surface area (Å²) in [6.45, 7) is 1.82. The van der Waals surface area contributed by atoms with Crippen LogP contribution in [-0.2, 0) is 14.8 Å². The average molecular weight is 330 g/mol. The Labute approximate surface area is 133 Å². The van der Waals surface area contributed by atoms with Crippen LogP contribution in [0, 0.1) is 0 Å². The second-order valence-corrected chi connectivity index (χ2v) is 6.55. The maximum absolute atomic E-state index is 13.0. The number of benzene rings is 1. The van der Waals surface area contributed by atoms with Crippen LogP contribution in [0.2, 0.25) is 0 Å². The van der Waals surface area contributed by atoms with Gasteiger partial charge < -0.3 is 4.74 Å². The summed E-state index contributed by atoms with van der Waals surface area (Å²) in [7, 11) is -3.93. The molecule has 23 heavy (non-hydrogen) atoms. The molecule has 0 aliphatic heterocycles. The van der Waals surface area contributed by atoms with Gasteiger partial charge in [-0.2, -0.15) is 0 Å². The third kappa shape index (κ3) is 2.59. The number of pyridine rings is 1. The molecule has 0 N–H and O–H groups in total. The SMILES string of the molecule is CCOC(=O)c1cc2cnccc2n1S(=O)(=O)c1ccccc1. The molecule has 0 spiro atoms. The standard InChI is InChI=1S/C16H14N2O4S/c1-2-22-16(19)15-10-12-11-17-9-8-14(12)18(15)23(20,21)13-6-4-3-5-7-13/h3-11H,2H2,1H3. The molecule has 1 aromatic carbocycles. The van der Waals surface area contributed by atoms with Crippen molar-refractivity contribution in [1.82, 2.24) is 8.96 Å². The molecule has 0 atom stereocenters. The van der Waals surface area contributed by atoms with Crippen molar-refractivity contribution < 1.29 is 17.9 Å². The van der Waals surface area contributed by atoms with Gasteiger partial charge in [0, 0.05) is 17.8 Å². The van der Waals surface area contributed by atoms with Gasteiger partial charge in [-0.25, -0.2) is 17.2 Å². The Hall–Kier alpha value is -2.67. The van der Waals surface area contributed by atoms with Crippen molar-refractivity contribution in [3.8, 4) is 0 Å². The smallest absolute Gasteiger partial charge is 0.356 e. The Morgan fingerprint density at radius 2 is 1.96 bits per heavy atom. The fourth-order valence-corrected chi connectivity index (χ4v) is 3.86. The summed E-state index contributed by atoms with van der Waals surface area (Å²) in [6, 6.07) is 11.0. The van der Waals surface area contributed by atoms with Crippen LogP contribution >= 0.6 is 0 Å². The van der Waals surface area contributed by atoms with Crippen LogP contribution in [0.3, 0.4) is 0 Å². The number of rotatable bonds is 4. The maximum atomic E-state index is 13.0. The van der Waals surface area contributed by atoms with E-state index < -0.39 is 16.0 Å². The van der Waals surface area contributed by atoms with E-state index in [1.165, 1.54) is 30.6 Å². The van der Waals surface area contributed by atoms with Crippen molar-refractivity contribution >= 4 is 26.9 Å². The number of fused-ring (bicyclic) bond motifs is 1. The highest BCUT2D eigenvalue weighted by molar-refractivity contribution is 7.90. The van der Waals surface area contributed by atoms with Crippen LogP contribution in [0.15, 0.2) is 59.8 Å². The lowest BCUT2D eigenvalue weighted by Gasteiger charge is -2.11. The Kier molecular flexibility index (Phi) is 3.87. The largest absolute Gasteiger partial charge is 0.461 e. The lowest BCUT2D eigenvalue weighted by molar-refractivity contribution is 0.0518. The minimum atomic E-state index is -3.93. The van der Waals surface area contributed by atoms with Gasteiger partial charge in [-0.3, -0.25) is 4.98 Å². The van der Waals surface area contributed by atoms with E-state index in [0.717, 1.165) is 3.97 Å². The lowest BCUT2D eigenvalue weighted by atomic mass is 10.3. The number of nitrogens with zero attached hydrogens (tertiary/aromatic N) is 2. The van der Waals surface area contributed by atoms with Crippen LogP contribution in [-0.4, -0.2) is 30.0 Å². The molecule has 0 saturated heterocycles. The van der Waals surface area contributed by atoms with Crippen LogP contribution in [0.1, 0.15) is 17.4 Å². The van der Waals surface area contributed by atoms with Gasteiger partial charge in [-0.05, 0) is 31.2 Å². The number of aromatic nitrogens is 2. The van der Waals surface area contributed by atoms with Crippen molar-refractivity contribution in [3.63, 3.8) is 0 Å². The molecule has 118 valence electrons.